The Morgan fingerprint density at radius 3 is 2.52 bits per heavy atom. The summed E-state index contributed by atoms with van der Waals surface area (Å²) in [4.78, 5) is 41.1. The largest absolute Gasteiger partial charge is 0.416 e. The van der Waals surface area contributed by atoms with Crippen LogP contribution in [-0.4, -0.2) is 92.0 Å². The molecule has 2 amide bonds. The highest BCUT2D eigenvalue weighted by molar-refractivity contribution is 6.34. The Labute approximate surface area is 237 Å². The number of hydrogen-bond acceptors (Lipinski definition) is 6. The quantitative estimate of drug-likeness (QED) is 0.548. The maximum absolute atomic E-state index is 13.9. The SMILES string of the molecule is Cc1cc(C(F)(F)F)cc(N2C(=O)C[C@@H]3CN(CCN4CCN(C)[C@@H](C)C4)c4c(Cl)cccc4N(C)C(=O)[C@H]32)n1. The second kappa shape index (κ2) is 10.8. The number of halogens is 4. The van der Waals surface area contributed by atoms with Gasteiger partial charge >= 0.3 is 6.18 Å². The van der Waals surface area contributed by atoms with E-state index in [0.717, 1.165) is 44.0 Å². The highest BCUT2D eigenvalue weighted by atomic mass is 35.5. The number of para-hydroxylation sites is 1. The van der Waals surface area contributed by atoms with Crippen LogP contribution in [0.25, 0.3) is 0 Å². The number of anilines is 3. The van der Waals surface area contributed by atoms with Gasteiger partial charge in [-0.05, 0) is 45.2 Å². The Bertz CT molecular complexity index is 1310. The van der Waals surface area contributed by atoms with Crippen molar-refractivity contribution in [3.8, 4) is 0 Å². The van der Waals surface area contributed by atoms with Crippen LogP contribution in [0.15, 0.2) is 30.3 Å². The maximum Gasteiger partial charge on any atom is 0.416 e. The normalized spacial score (nSPS) is 24.7. The Morgan fingerprint density at radius 2 is 1.82 bits per heavy atom. The van der Waals surface area contributed by atoms with Crippen molar-refractivity contribution in [2.24, 2.45) is 5.92 Å². The standard InChI is InChI=1S/C28H34ClF3N6O2/c1-17-12-20(28(30,31)32)14-23(33-17)38-24(39)13-19-16-37(11-10-36-9-8-34(3)18(2)15-36)26-21(29)6-5-7-22(26)35(4)27(40)25(19)38/h5-7,12,14,18-19,25H,8-11,13,15-16H2,1-4H3/t18-,19+,25-/m0/s1. The zero-order valence-corrected chi connectivity index (χ0v) is 23.8. The number of carbonyl (C=O) groups is 2. The van der Waals surface area contributed by atoms with Crippen molar-refractivity contribution < 1.29 is 22.8 Å². The van der Waals surface area contributed by atoms with Gasteiger partial charge in [0.1, 0.15) is 11.9 Å². The fourth-order valence-electron chi connectivity index (χ4n) is 6.06. The number of likely N-dealkylation sites (N-methyl/N-ethyl adjacent to an activating group) is 2. The molecule has 40 heavy (non-hydrogen) atoms. The topological polar surface area (TPSA) is 63.2 Å². The van der Waals surface area contributed by atoms with Crippen LogP contribution in [0.2, 0.25) is 5.02 Å². The molecule has 4 heterocycles. The van der Waals surface area contributed by atoms with Crippen molar-refractivity contribution in [2.45, 2.75) is 38.5 Å². The Morgan fingerprint density at radius 1 is 1.07 bits per heavy atom. The van der Waals surface area contributed by atoms with Crippen LogP contribution in [0.5, 0.6) is 0 Å². The number of piperazine rings is 1. The first-order valence-corrected chi connectivity index (χ1v) is 13.8. The van der Waals surface area contributed by atoms with Crippen LogP contribution in [-0.2, 0) is 15.8 Å². The Hall–Kier alpha value is -2.89. The third-order valence-electron chi connectivity index (χ3n) is 8.36. The number of pyridine rings is 1. The van der Waals surface area contributed by atoms with Crippen molar-refractivity contribution in [1.82, 2.24) is 14.8 Å². The summed E-state index contributed by atoms with van der Waals surface area (Å²) in [6, 6.07) is 6.58. The molecule has 2 saturated heterocycles. The minimum atomic E-state index is -4.61. The summed E-state index contributed by atoms with van der Waals surface area (Å²) in [5, 5.41) is 0.499. The van der Waals surface area contributed by atoms with Gasteiger partial charge in [-0.2, -0.15) is 13.2 Å². The lowest BCUT2D eigenvalue weighted by Crippen LogP contribution is -2.54. The molecule has 3 aliphatic rings. The van der Waals surface area contributed by atoms with Gasteiger partial charge in [-0.15, -0.1) is 0 Å². The molecule has 3 aliphatic heterocycles. The highest BCUT2D eigenvalue weighted by Gasteiger charge is 2.49. The number of rotatable bonds is 4. The second-order valence-corrected chi connectivity index (χ2v) is 11.5. The van der Waals surface area contributed by atoms with Gasteiger partial charge in [-0.25, -0.2) is 4.98 Å². The van der Waals surface area contributed by atoms with Crippen molar-refractivity contribution in [3.05, 3.63) is 46.6 Å². The third-order valence-corrected chi connectivity index (χ3v) is 8.66. The summed E-state index contributed by atoms with van der Waals surface area (Å²) < 4.78 is 40.9. The highest BCUT2D eigenvalue weighted by Crippen LogP contribution is 2.43. The Kier molecular flexibility index (Phi) is 7.75. The second-order valence-electron chi connectivity index (χ2n) is 11.1. The van der Waals surface area contributed by atoms with Crippen molar-refractivity contribution >= 4 is 40.6 Å². The predicted octanol–water partition coefficient (Wildman–Crippen LogP) is 3.90. The summed E-state index contributed by atoms with van der Waals surface area (Å²) in [6.45, 7) is 8.21. The van der Waals surface area contributed by atoms with Crippen LogP contribution >= 0.6 is 11.6 Å². The van der Waals surface area contributed by atoms with Gasteiger partial charge in [0.15, 0.2) is 0 Å². The minimum absolute atomic E-state index is 0.0169. The third kappa shape index (κ3) is 5.38. The van der Waals surface area contributed by atoms with Crippen molar-refractivity contribution in [2.75, 3.05) is 68.1 Å². The fraction of sp³-hybridized carbons (Fsp3) is 0.536. The number of alkyl halides is 3. The van der Waals surface area contributed by atoms with Gasteiger partial charge in [0, 0.05) is 70.4 Å². The number of hydrogen-bond donors (Lipinski definition) is 0. The number of nitrogens with zero attached hydrogens (tertiary/aromatic N) is 6. The molecule has 3 atom stereocenters. The zero-order valence-electron chi connectivity index (χ0n) is 23.1. The van der Waals surface area contributed by atoms with E-state index >= 15 is 0 Å². The molecule has 0 aliphatic carbocycles. The molecule has 0 unspecified atom stereocenters. The van der Waals surface area contributed by atoms with E-state index in [0.29, 0.717) is 29.8 Å². The molecule has 1 aromatic carbocycles. The van der Waals surface area contributed by atoms with E-state index in [2.05, 4.69) is 33.7 Å². The van der Waals surface area contributed by atoms with Gasteiger partial charge in [-0.1, -0.05) is 17.7 Å². The monoisotopic (exact) mass is 578 g/mol. The average Bonchev–Trinajstić information content (AvgIpc) is 3.21. The van der Waals surface area contributed by atoms with E-state index in [-0.39, 0.29) is 23.8 Å². The van der Waals surface area contributed by atoms with Crippen LogP contribution in [0, 0.1) is 12.8 Å². The van der Waals surface area contributed by atoms with E-state index in [4.69, 9.17) is 11.6 Å². The first kappa shape index (κ1) is 28.6. The van der Waals surface area contributed by atoms with Gasteiger partial charge < -0.3 is 14.7 Å². The molecule has 0 N–H and O–H groups in total. The molecule has 0 bridgehead atoms. The van der Waals surface area contributed by atoms with Crippen molar-refractivity contribution in [1.29, 1.82) is 0 Å². The van der Waals surface area contributed by atoms with Crippen LogP contribution in [0.1, 0.15) is 24.6 Å². The number of aryl methyl sites for hydroxylation is 1. The molecule has 1 aromatic heterocycles. The van der Waals surface area contributed by atoms with E-state index in [9.17, 15) is 22.8 Å². The van der Waals surface area contributed by atoms with E-state index in [1.54, 1.807) is 25.2 Å². The van der Waals surface area contributed by atoms with Gasteiger partial charge in [0.2, 0.25) is 11.8 Å². The summed E-state index contributed by atoms with van der Waals surface area (Å²) in [5.74, 6) is -1.43. The molecule has 216 valence electrons. The maximum atomic E-state index is 13.9. The smallest absolute Gasteiger partial charge is 0.367 e. The van der Waals surface area contributed by atoms with Crippen LogP contribution < -0.4 is 14.7 Å². The number of fused-ring (bicyclic) bond motifs is 2. The molecule has 5 rings (SSSR count). The van der Waals surface area contributed by atoms with Gasteiger partial charge in [-0.3, -0.25) is 19.4 Å². The summed E-state index contributed by atoms with van der Waals surface area (Å²) in [6.07, 6.45) is -4.59. The summed E-state index contributed by atoms with van der Waals surface area (Å²) in [5.41, 5.74) is 0.528. The molecule has 0 spiro atoms. The van der Waals surface area contributed by atoms with E-state index in [1.165, 1.54) is 16.7 Å². The number of carbonyl (C=O) groups excluding carboxylic acids is 2. The molecule has 8 nitrogen and oxygen atoms in total. The molecule has 12 heteroatoms. The molecule has 2 fully saturated rings. The molecular formula is C28H34ClF3N6O2. The molecule has 0 saturated carbocycles. The average molecular weight is 579 g/mol. The minimum Gasteiger partial charge on any atom is -0.367 e. The van der Waals surface area contributed by atoms with E-state index < -0.39 is 29.6 Å². The first-order valence-electron chi connectivity index (χ1n) is 13.5. The fourth-order valence-corrected chi connectivity index (χ4v) is 6.35. The number of aromatic nitrogens is 1. The first-order chi connectivity index (χ1) is 18.8. The molecular weight excluding hydrogens is 545 g/mol. The van der Waals surface area contributed by atoms with Gasteiger partial charge in [0.25, 0.3) is 0 Å². The lowest BCUT2D eigenvalue weighted by Gasteiger charge is -2.41. The number of benzene rings is 1. The number of amides is 2. The summed E-state index contributed by atoms with van der Waals surface area (Å²) in [7, 11) is 3.74. The Balaban J connectivity index is 1.51. The zero-order chi connectivity index (χ0) is 28.9. The lowest BCUT2D eigenvalue weighted by atomic mass is 9.95. The predicted molar refractivity (Wildman–Crippen MR) is 149 cm³/mol. The van der Waals surface area contributed by atoms with Crippen LogP contribution in [0.4, 0.5) is 30.4 Å². The summed E-state index contributed by atoms with van der Waals surface area (Å²) >= 11 is 6.72. The molecule has 0 radical (unpaired) electrons. The van der Waals surface area contributed by atoms with Crippen molar-refractivity contribution in [3.63, 3.8) is 0 Å². The van der Waals surface area contributed by atoms with Gasteiger partial charge in [0.05, 0.1) is 22.0 Å². The van der Waals surface area contributed by atoms with E-state index in [1.807, 2.05) is 0 Å². The van der Waals surface area contributed by atoms with Crippen LogP contribution in [0.3, 0.4) is 0 Å². The lowest BCUT2D eigenvalue weighted by molar-refractivity contribution is -0.137. The molecule has 2 aromatic rings.